The van der Waals surface area contributed by atoms with E-state index in [0.717, 1.165) is 37.2 Å². The van der Waals surface area contributed by atoms with Gasteiger partial charge < -0.3 is 5.11 Å². The lowest BCUT2D eigenvalue weighted by molar-refractivity contribution is -0.144. The zero-order valence-electron chi connectivity index (χ0n) is 12.0. The normalized spacial score (nSPS) is 18.6. The number of hydrogen-bond acceptors (Lipinski definition) is 4. The van der Waals surface area contributed by atoms with Crippen molar-refractivity contribution in [3.8, 4) is 0 Å². The number of carbonyl (C=O) groups is 1. The van der Waals surface area contributed by atoms with Crippen molar-refractivity contribution in [3.63, 3.8) is 0 Å². The molecule has 0 bridgehead atoms. The summed E-state index contributed by atoms with van der Waals surface area (Å²) in [6, 6.07) is 3.40. The van der Waals surface area contributed by atoms with Crippen molar-refractivity contribution >= 4 is 17.3 Å². The Morgan fingerprint density at radius 3 is 3.14 bits per heavy atom. The zero-order valence-corrected chi connectivity index (χ0v) is 12.8. The highest BCUT2D eigenvalue weighted by atomic mass is 32.1. The van der Waals surface area contributed by atoms with Crippen LogP contribution in [-0.4, -0.2) is 32.3 Å². The van der Waals surface area contributed by atoms with Crippen LogP contribution in [0.1, 0.15) is 35.5 Å². The number of hydrogen-bond donors (Lipinski definition) is 1. The Bertz CT molecular complexity index is 634. The molecule has 1 N–H and O–H groups in total. The summed E-state index contributed by atoms with van der Waals surface area (Å²) in [5.41, 5.74) is 2.04. The highest BCUT2D eigenvalue weighted by Gasteiger charge is 2.34. The van der Waals surface area contributed by atoms with E-state index in [2.05, 4.69) is 12.0 Å². The van der Waals surface area contributed by atoms with Gasteiger partial charge in [-0.2, -0.15) is 5.10 Å². The van der Waals surface area contributed by atoms with Gasteiger partial charge in [-0.1, -0.05) is 6.92 Å². The summed E-state index contributed by atoms with van der Waals surface area (Å²) in [4.78, 5) is 15.0. The molecule has 0 radical (unpaired) electrons. The fourth-order valence-corrected chi connectivity index (χ4v) is 3.85. The molecule has 1 atom stereocenters. The number of rotatable bonds is 5. The maximum atomic E-state index is 11.7. The first-order valence-electron chi connectivity index (χ1n) is 7.24. The molecule has 2 aromatic rings. The molecule has 0 saturated carbocycles. The second kappa shape index (κ2) is 5.99. The average molecular weight is 305 g/mol. The first-order valence-corrected chi connectivity index (χ1v) is 8.12. The summed E-state index contributed by atoms with van der Waals surface area (Å²) in [6.45, 7) is 4.40. The van der Waals surface area contributed by atoms with Crippen molar-refractivity contribution in [2.24, 2.45) is 0 Å². The molecule has 0 amide bonds. The number of aromatic nitrogens is 2. The maximum Gasteiger partial charge on any atom is 0.325 e. The van der Waals surface area contributed by atoms with Gasteiger partial charge in [0.15, 0.2) is 0 Å². The van der Waals surface area contributed by atoms with Crippen molar-refractivity contribution in [2.45, 2.75) is 38.9 Å². The third-order valence-electron chi connectivity index (χ3n) is 3.90. The van der Waals surface area contributed by atoms with Gasteiger partial charge in [-0.25, -0.2) is 0 Å². The van der Waals surface area contributed by atoms with Crippen LogP contribution in [0.5, 0.6) is 0 Å². The first kappa shape index (κ1) is 14.3. The van der Waals surface area contributed by atoms with E-state index in [1.807, 2.05) is 27.1 Å². The quantitative estimate of drug-likeness (QED) is 0.922. The van der Waals surface area contributed by atoms with E-state index < -0.39 is 12.0 Å². The van der Waals surface area contributed by atoms with E-state index in [4.69, 9.17) is 0 Å². The third-order valence-corrected chi connectivity index (χ3v) is 4.90. The Labute approximate surface area is 127 Å². The molecular formula is C15H19N3O2S. The Kier molecular flexibility index (Phi) is 4.07. The van der Waals surface area contributed by atoms with Gasteiger partial charge in [0, 0.05) is 30.7 Å². The lowest BCUT2D eigenvalue weighted by Crippen LogP contribution is -2.39. The van der Waals surface area contributed by atoms with Crippen LogP contribution in [0.3, 0.4) is 0 Å². The van der Waals surface area contributed by atoms with Crippen LogP contribution in [0, 0.1) is 0 Å². The maximum absolute atomic E-state index is 11.7. The van der Waals surface area contributed by atoms with Crippen molar-refractivity contribution in [3.05, 3.63) is 39.8 Å². The van der Waals surface area contributed by atoms with E-state index in [9.17, 15) is 9.90 Å². The number of carboxylic acids is 1. The molecule has 0 aliphatic carbocycles. The standard InChI is InChI=1S/C15H19N3O2S/c1-2-7-18-11(3-6-16-18)10-17-8-4-13-12(5-9-21-13)14(17)15(19)20/h3,5-6,9,14H,2,4,7-8,10H2,1H3,(H,19,20). The molecular weight excluding hydrogens is 286 g/mol. The van der Waals surface area contributed by atoms with Gasteiger partial charge in [-0.15, -0.1) is 11.3 Å². The molecule has 3 rings (SSSR count). The molecule has 0 spiro atoms. The zero-order chi connectivity index (χ0) is 14.8. The second-order valence-corrected chi connectivity index (χ2v) is 6.31. The predicted molar refractivity (Wildman–Crippen MR) is 81.3 cm³/mol. The summed E-state index contributed by atoms with van der Waals surface area (Å²) in [7, 11) is 0. The van der Waals surface area contributed by atoms with Gasteiger partial charge >= 0.3 is 5.97 Å². The summed E-state index contributed by atoms with van der Waals surface area (Å²) >= 11 is 1.66. The molecule has 6 heteroatoms. The Morgan fingerprint density at radius 2 is 2.38 bits per heavy atom. The summed E-state index contributed by atoms with van der Waals surface area (Å²) < 4.78 is 1.97. The minimum absolute atomic E-state index is 0.537. The molecule has 3 heterocycles. The number of aliphatic carboxylic acids is 1. The number of aryl methyl sites for hydroxylation is 1. The minimum atomic E-state index is -0.768. The highest BCUT2D eigenvalue weighted by molar-refractivity contribution is 7.10. The molecule has 0 aromatic carbocycles. The average Bonchev–Trinajstić information content (AvgIpc) is 3.08. The molecule has 1 unspecified atom stereocenters. The van der Waals surface area contributed by atoms with Gasteiger partial charge in [-0.05, 0) is 35.9 Å². The molecule has 0 saturated heterocycles. The van der Waals surface area contributed by atoms with Crippen LogP contribution in [-0.2, 0) is 24.3 Å². The van der Waals surface area contributed by atoms with Crippen molar-refractivity contribution in [1.29, 1.82) is 0 Å². The number of nitrogens with zero attached hydrogens (tertiary/aromatic N) is 3. The smallest absolute Gasteiger partial charge is 0.325 e. The lowest BCUT2D eigenvalue weighted by Gasteiger charge is -2.33. The van der Waals surface area contributed by atoms with Crippen LogP contribution >= 0.6 is 11.3 Å². The monoisotopic (exact) mass is 305 g/mol. The molecule has 2 aromatic heterocycles. The second-order valence-electron chi connectivity index (χ2n) is 5.31. The fourth-order valence-electron chi connectivity index (χ4n) is 2.94. The Hall–Kier alpha value is -1.66. The molecule has 112 valence electrons. The van der Waals surface area contributed by atoms with E-state index in [-0.39, 0.29) is 0 Å². The van der Waals surface area contributed by atoms with Crippen molar-refractivity contribution in [1.82, 2.24) is 14.7 Å². The number of fused-ring (bicyclic) bond motifs is 1. The van der Waals surface area contributed by atoms with E-state index in [1.54, 1.807) is 17.5 Å². The fraction of sp³-hybridized carbons (Fsp3) is 0.467. The van der Waals surface area contributed by atoms with Gasteiger partial charge in [0.25, 0.3) is 0 Å². The van der Waals surface area contributed by atoms with Crippen molar-refractivity contribution in [2.75, 3.05) is 6.54 Å². The lowest BCUT2D eigenvalue weighted by atomic mass is 10.00. The number of thiophene rings is 1. The largest absolute Gasteiger partial charge is 0.480 e. The molecule has 1 aliphatic heterocycles. The third kappa shape index (κ3) is 2.73. The van der Waals surface area contributed by atoms with Gasteiger partial charge in [0.2, 0.25) is 0 Å². The van der Waals surface area contributed by atoms with E-state index in [0.29, 0.717) is 6.54 Å². The summed E-state index contributed by atoms with van der Waals surface area (Å²) in [5, 5.41) is 15.9. The summed E-state index contributed by atoms with van der Waals surface area (Å²) in [6.07, 6.45) is 3.74. The molecule has 5 nitrogen and oxygen atoms in total. The SMILES string of the molecule is CCCn1nccc1CN1CCc2sccc2C1C(=O)O. The molecule has 21 heavy (non-hydrogen) atoms. The predicted octanol–water partition coefficient (Wildman–Crippen LogP) is 2.54. The van der Waals surface area contributed by atoms with Crippen LogP contribution in [0.2, 0.25) is 0 Å². The minimum Gasteiger partial charge on any atom is -0.480 e. The Balaban J connectivity index is 1.85. The highest BCUT2D eigenvalue weighted by Crippen LogP contribution is 2.34. The molecule has 1 aliphatic rings. The van der Waals surface area contributed by atoms with Gasteiger partial charge in [0.05, 0.1) is 5.69 Å². The molecule has 0 fully saturated rings. The number of carboxylic acid groups (broad SMARTS) is 1. The van der Waals surface area contributed by atoms with Crippen LogP contribution in [0.25, 0.3) is 0 Å². The van der Waals surface area contributed by atoms with Crippen molar-refractivity contribution < 1.29 is 9.90 Å². The van der Waals surface area contributed by atoms with Crippen LogP contribution in [0.15, 0.2) is 23.7 Å². The summed E-state index contributed by atoms with van der Waals surface area (Å²) in [5.74, 6) is -0.768. The van der Waals surface area contributed by atoms with Crippen LogP contribution < -0.4 is 0 Å². The van der Waals surface area contributed by atoms with E-state index in [1.165, 1.54) is 4.88 Å². The topological polar surface area (TPSA) is 58.4 Å². The van der Waals surface area contributed by atoms with Gasteiger partial charge in [0.1, 0.15) is 6.04 Å². The Morgan fingerprint density at radius 1 is 1.52 bits per heavy atom. The van der Waals surface area contributed by atoms with Crippen LogP contribution in [0.4, 0.5) is 0 Å². The van der Waals surface area contributed by atoms with Gasteiger partial charge in [-0.3, -0.25) is 14.4 Å². The van der Waals surface area contributed by atoms with E-state index >= 15 is 0 Å². The first-order chi connectivity index (χ1) is 10.2.